The van der Waals surface area contributed by atoms with E-state index in [1.807, 2.05) is 0 Å². The molecule has 0 radical (unpaired) electrons. The normalized spacial score (nSPS) is 11.9. The van der Waals surface area contributed by atoms with Crippen molar-refractivity contribution in [1.29, 1.82) is 0 Å². The van der Waals surface area contributed by atoms with E-state index in [1.165, 1.54) is 44.5 Å². The van der Waals surface area contributed by atoms with Crippen LogP contribution in [-0.4, -0.2) is 0 Å². The van der Waals surface area contributed by atoms with Gasteiger partial charge in [0.15, 0.2) is 0 Å². The molecule has 6 rings (SSSR count). The third-order valence-electron chi connectivity index (χ3n) is 5.41. The Bertz CT molecular complexity index is 918. The van der Waals surface area contributed by atoms with Crippen LogP contribution in [0.3, 0.4) is 0 Å². The summed E-state index contributed by atoms with van der Waals surface area (Å²) in [5, 5.41) is 0. The summed E-state index contributed by atoms with van der Waals surface area (Å²) in [7, 11) is 0. The monoisotopic (exact) mass is 516 g/mol. The number of hydrogen-bond acceptors (Lipinski definition) is 0. The molecule has 0 saturated heterocycles. The predicted molar refractivity (Wildman–Crippen MR) is 109 cm³/mol. The summed E-state index contributed by atoms with van der Waals surface area (Å²) in [6.45, 7) is 0. The zero-order valence-corrected chi connectivity index (χ0v) is 18.0. The fourth-order valence-corrected chi connectivity index (χ4v) is 4.16. The van der Waals surface area contributed by atoms with Crippen LogP contribution in [0.4, 0.5) is 0 Å². The molecule has 0 aliphatic heterocycles. The van der Waals surface area contributed by atoms with Crippen molar-refractivity contribution in [3.8, 4) is 22.3 Å². The maximum absolute atomic E-state index is 2.22. The van der Waals surface area contributed by atoms with Crippen LogP contribution in [0.5, 0.6) is 0 Å². The summed E-state index contributed by atoms with van der Waals surface area (Å²) in [5.41, 5.74) is 11.5. The Morgan fingerprint density at radius 3 is 0.815 bits per heavy atom. The molecule has 130 valence electrons. The quantitative estimate of drug-likeness (QED) is 0.216. The van der Waals surface area contributed by atoms with Crippen LogP contribution in [0.2, 0.25) is 0 Å². The zero-order chi connectivity index (χ0) is 17.3. The molecule has 0 amide bonds. The van der Waals surface area contributed by atoms with Gasteiger partial charge in [0.1, 0.15) is 0 Å². The van der Waals surface area contributed by atoms with Crippen molar-refractivity contribution in [2.75, 3.05) is 0 Å². The van der Waals surface area contributed by atoms with Crippen molar-refractivity contribution < 1.29 is 21.1 Å². The van der Waals surface area contributed by atoms with Crippen LogP contribution >= 0.6 is 0 Å². The van der Waals surface area contributed by atoms with Crippen molar-refractivity contribution in [1.82, 2.24) is 0 Å². The molecule has 1 heteroatoms. The van der Waals surface area contributed by atoms with Gasteiger partial charge in [-0.25, -0.2) is 0 Å². The molecule has 0 bridgehead atoms. The number of hydrogen-bond donors (Lipinski definition) is 0. The van der Waals surface area contributed by atoms with Gasteiger partial charge in [-0.05, 0) is 57.3 Å². The van der Waals surface area contributed by atoms with Gasteiger partial charge in [0, 0.05) is 21.1 Å². The minimum absolute atomic E-state index is 0. The van der Waals surface area contributed by atoms with Gasteiger partial charge >= 0.3 is 0 Å². The Balaban J connectivity index is 0.000000129. The number of rotatable bonds is 0. The molecule has 0 N–H and O–H groups in total. The molecule has 0 nitrogen and oxygen atoms in total. The van der Waals surface area contributed by atoms with E-state index in [0.29, 0.717) is 0 Å². The van der Waals surface area contributed by atoms with E-state index in [9.17, 15) is 0 Å². The molecule has 0 spiro atoms. The standard InChI is InChI=1S/2C13H10.W/c2*1-3-7-12-10(5-1)9-11-6-2-4-8-13(11)12;/h2*1-8H,9H2;. The van der Waals surface area contributed by atoms with Crippen molar-refractivity contribution in [3.63, 3.8) is 0 Å². The maximum Gasteiger partial charge on any atom is 0 e. The summed E-state index contributed by atoms with van der Waals surface area (Å²) < 4.78 is 0. The Kier molecular flexibility index (Phi) is 5.10. The first-order valence-electron chi connectivity index (χ1n) is 9.22. The van der Waals surface area contributed by atoms with Crippen molar-refractivity contribution in [3.05, 3.63) is 119 Å². The van der Waals surface area contributed by atoms with Gasteiger partial charge in [-0.15, -0.1) is 0 Å². The van der Waals surface area contributed by atoms with Crippen LogP contribution in [0, 0.1) is 0 Å². The van der Waals surface area contributed by atoms with E-state index in [2.05, 4.69) is 97.1 Å². The van der Waals surface area contributed by atoms with Crippen LogP contribution in [0.25, 0.3) is 22.3 Å². The van der Waals surface area contributed by atoms with Crippen molar-refractivity contribution >= 4 is 0 Å². The van der Waals surface area contributed by atoms with Crippen molar-refractivity contribution in [2.24, 2.45) is 0 Å². The minimum Gasteiger partial charge on any atom is -0.0619 e. The average molecular weight is 516 g/mol. The van der Waals surface area contributed by atoms with Crippen LogP contribution in [-0.2, 0) is 33.9 Å². The molecule has 0 heterocycles. The second kappa shape index (κ2) is 7.67. The van der Waals surface area contributed by atoms with Gasteiger partial charge in [-0.3, -0.25) is 0 Å². The second-order valence-electron chi connectivity index (χ2n) is 6.98. The van der Waals surface area contributed by atoms with Gasteiger partial charge in [0.05, 0.1) is 0 Å². The summed E-state index contributed by atoms with van der Waals surface area (Å²) in [6, 6.07) is 34.6. The summed E-state index contributed by atoms with van der Waals surface area (Å²) >= 11 is 0. The Labute approximate surface area is 175 Å². The SMILES string of the molecule is [W].c1ccc2c(c1)Cc1ccccc1-2.c1ccc2c(c1)Cc1ccccc1-2. The third kappa shape index (κ3) is 3.31. The fraction of sp³-hybridized carbons (Fsp3) is 0.0769. The summed E-state index contributed by atoms with van der Waals surface area (Å²) in [4.78, 5) is 0. The van der Waals surface area contributed by atoms with E-state index in [1.54, 1.807) is 0 Å². The topological polar surface area (TPSA) is 0 Å². The van der Waals surface area contributed by atoms with Gasteiger partial charge in [0.25, 0.3) is 0 Å². The molecule has 0 unspecified atom stereocenters. The van der Waals surface area contributed by atoms with E-state index in [0.717, 1.165) is 12.8 Å². The van der Waals surface area contributed by atoms with E-state index in [-0.39, 0.29) is 21.1 Å². The van der Waals surface area contributed by atoms with Crippen LogP contribution in [0.1, 0.15) is 22.3 Å². The van der Waals surface area contributed by atoms with Gasteiger partial charge in [-0.1, -0.05) is 97.1 Å². The second-order valence-corrected chi connectivity index (χ2v) is 6.98. The number of benzene rings is 4. The molecular weight excluding hydrogens is 496 g/mol. The Morgan fingerprint density at radius 1 is 0.333 bits per heavy atom. The molecule has 0 aromatic heterocycles. The van der Waals surface area contributed by atoms with Crippen LogP contribution in [0.15, 0.2) is 97.1 Å². The first-order valence-corrected chi connectivity index (χ1v) is 9.22. The van der Waals surface area contributed by atoms with E-state index >= 15 is 0 Å². The molecule has 27 heavy (non-hydrogen) atoms. The van der Waals surface area contributed by atoms with Crippen molar-refractivity contribution in [2.45, 2.75) is 12.8 Å². The smallest absolute Gasteiger partial charge is 0 e. The molecule has 2 aliphatic rings. The molecule has 0 fully saturated rings. The fourth-order valence-electron chi connectivity index (χ4n) is 4.16. The molecule has 2 aliphatic carbocycles. The summed E-state index contributed by atoms with van der Waals surface area (Å²) in [5.74, 6) is 0. The molecule has 0 atom stereocenters. The first-order chi connectivity index (χ1) is 12.9. The predicted octanol–water partition coefficient (Wildman–Crippen LogP) is 6.51. The van der Waals surface area contributed by atoms with Crippen LogP contribution < -0.4 is 0 Å². The third-order valence-corrected chi connectivity index (χ3v) is 5.41. The van der Waals surface area contributed by atoms with Gasteiger partial charge in [-0.2, -0.15) is 0 Å². The van der Waals surface area contributed by atoms with E-state index in [4.69, 9.17) is 0 Å². The Morgan fingerprint density at radius 2 is 0.556 bits per heavy atom. The zero-order valence-electron chi connectivity index (χ0n) is 15.1. The average Bonchev–Trinajstić information content (AvgIpc) is 3.27. The maximum atomic E-state index is 2.22. The molecule has 4 aromatic rings. The first kappa shape index (κ1) is 18.0. The molecular formula is C26H20W. The van der Waals surface area contributed by atoms with E-state index < -0.39 is 0 Å². The largest absolute Gasteiger partial charge is 0.0619 e. The van der Waals surface area contributed by atoms with Gasteiger partial charge < -0.3 is 0 Å². The minimum atomic E-state index is 0. The van der Waals surface area contributed by atoms with Gasteiger partial charge in [0.2, 0.25) is 0 Å². The molecule has 0 saturated carbocycles. The summed E-state index contributed by atoms with van der Waals surface area (Å²) in [6.07, 6.45) is 2.21. The molecule has 4 aromatic carbocycles. The number of fused-ring (bicyclic) bond motifs is 6. The Hall–Kier alpha value is -2.43.